The number of pyridine rings is 2. The molecule has 10 nitrogen and oxygen atoms in total. The summed E-state index contributed by atoms with van der Waals surface area (Å²) in [5.74, 6) is 4.27. The molecule has 0 saturated heterocycles. The molecule has 0 saturated carbocycles. The summed E-state index contributed by atoms with van der Waals surface area (Å²) >= 11 is 0. The molecule has 0 amide bonds. The van der Waals surface area contributed by atoms with E-state index in [2.05, 4.69) is 216 Å². The van der Waals surface area contributed by atoms with E-state index in [1.165, 1.54) is 22.4 Å². The van der Waals surface area contributed by atoms with Gasteiger partial charge in [-0.2, -0.15) is 0 Å². The molecule has 0 atom stereocenters. The van der Waals surface area contributed by atoms with Gasteiger partial charge in [-0.25, -0.2) is 0 Å². The minimum absolute atomic E-state index is 0. The van der Waals surface area contributed by atoms with Crippen LogP contribution >= 0.6 is 0 Å². The zero-order valence-corrected chi connectivity index (χ0v) is 79.1. The van der Waals surface area contributed by atoms with E-state index < -0.39 is 19.7 Å². The predicted octanol–water partition coefficient (Wildman–Crippen LogP) is 25.2. The van der Waals surface area contributed by atoms with Gasteiger partial charge in [0.05, 0.1) is 40.3 Å². The van der Waals surface area contributed by atoms with Crippen LogP contribution in [0.1, 0.15) is 66.5 Å². The van der Waals surface area contributed by atoms with Gasteiger partial charge in [-0.3, -0.25) is 23.7 Å². The third kappa shape index (κ3) is 24.5. The van der Waals surface area contributed by atoms with Gasteiger partial charge in [0.2, 0.25) is 0 Å². The molecule has 118 heavy (non-hydrogen) atoms. The summed E-state index contributed by atoms with van der Waals surface area (Å²) in [6.07, 6.45) is 12.0. The quantitative estimate of drug-likeness (QED) is 0.0369. The van der Waals surface area contributed by atoms with Crippen LogP contribution in [0.2, 0.25) is 19.6 Å². The summed E-state index contributed by atoms with van der Waals surface area (Å²) in [5.41, 5.74) is 17.0. The summed E-state index contributed by atoms with van der Waals surface area (Å²) in [6, 6.07) is 88.2. The van der Waals surface area contributed by atoms with Crippen molar-refractivity contribution in [2.24, 2.45) is 23.7 Å². The van der Waals surface area contributed by atoms with Gasteiger partial charge >= 0.3 is 0 Å². The fourth-order valence-electron chi connectivity index (χ4n) is 13.1. The molecule has 15 rings (SSSR count). The Morgan fingerprint density at radius 3 is 1.31 bits per heavy atom. The van der Waals surface area contributed by atoms with E-state index in [4.69, 9.17) is 18.9 Å². The van der Waals surface area contributed by atoms with Gasteiger partial charge in [0.15, 0.2) is 23.0 Å². The number of halogens is 2. The molecule has 0 aliphatic rings. The Morgan fingerprint density at radius 1 is 0.364 bits per heavy atom. The number of hydrogen-bond acceptors (Lipinski definition) is 10. The van der Waals surface area contributed by atoms with Crippen LogP contribution in [-0.2, 0) is 80.4 Å². The van der Waals surface area contributed by atoms with Gasteiger partial charge in [-0.05, 0) is 157 Å². The molecule has 15 aromatic rings. The number of hydrogen-bond donors (Lipinski definition) is 0. The van der Waals surface area contributed by atoms with Crippen molar-refractivity contribution in [2.45, 2.75) is 88.9 Å². The first-order valence-corrected chi connectivity index (χ1v) is 42.4. The largest absolute Gasteiger partial charge is 0.489 e. The molecule has 0 fully saturated rings. The van der Waals surface area contributed by atoms with Crippen LogP contribution in [-0.4, -0.2) is 64.4 Å². The molecule has 4 heterocycles. The molecule has 0 aliphatic heterocycles. The average molecular weight is 2290 g/mol. The minimum Gasteiger partial charge on any atom is -0.489 e. The topological polar surface area (TPSA) is 114 Å². The first-order chi connectivity index (χ1) is 55.1. The Labute approximate surface area is 750 Å². The van der Waals surface area contributed by atoms with Gasteiger partial charge in [-0.15, -0.1) is 118 Å². The fraction of sp³-hybridized carbons (Fsp3) is 0.208. The molecule has 0 spiro atoms. The third-order valence-electron chi connectivity index (χ3n) is 18.7. The summed E-state index contributed by atoms with van der Waals surface area (Å²) < 4.78 is 55.8. The van der Waals surface area contributed by atoms with Crippen LogP contribution in [0.15, 0.2) is 274 Å². The Balaban J connectivity index is 0.000000197. The molecule has 17 heteroatoms. The maximum Gasteiger partial charge on any atom is 0.161 e. The Hall–Kier alpha value is -9.73. The Bertz CT molecular complexity index is 5520. The zero-order chi connectivity index (χ0) is 80.3. The van der Waals surface area contributed by atoms with Gasteiger partial charge in [-0.1, -0.05) is 219 Å². The van der Waals surface area contributed by atoms with Crippen molar-refractivity contribution in [3.63, 3.8) is 0 Å². The van der Waals surface area contributed by atoms with Crippen LogP contribution in [0.3, 0.4) is 0 Å². The maximum atomic E-state index is 16.2. The van der Waals surface area contributed by atoms with Crippen molar-refractivity contribution in [3.8, 4) is 124 Å². The summed E-state index contributed by atoms with van der Waals surface area (Å²) in [7, 11) is -1.38. The van der Waals surface area contributed by atoms with Crippen LogP contribution < -0.4 is 24.1 Å². The normalized spacial score (nSPS) is 10.8. The van der Waals surface area contributed by atoms with E-state index >= 15 is 8.78 Å². The average Bonchev–Trinajstić information content (AvgIpc) is 0.724. The molecule has 0 bridgehead atoms. The van der Waals surface area contributed by atoms with Crippen molar-refractivity contribution >= 4 is 34.8 Å². The second-order valence-electron chi connectivity index (χ2n) is 30.9. The van der Waals surface area contributed by atoms with Crippen LogP contribution in [0.5, 0.6) is 23.0 Å². The maximum absolute atomic E-state index is 16.2. The van der Waals surface area contributed by atoms with E-state index in [0.717, 1.165) is 117 Å². The van der Waals surface area contributed by atoms with Crippen molar-refractivity contribution in [1.82, 2.24) is 29.9 Å². The van der Waals surface area contributed by atoms with E-state index in [1.54, 1.807) is 55.4 Å². The number of aryl methyl sites for hydroxylation is 2. The fourth-order valence-corrected chi connectivity index (χ4v) is 14.8. The van der Waals surface area contributed by atoms with Crippen LogP contribution in [0.4, 0.5) is 8.78 Å². The molecule has 4 radical (unpaired) electrons. The first-order valence-electron chi connectivity index (χ1n) is 38.9. The van der Waals surface area contributed by atoms with Crippen molar-refractivity contribution in [2.75, 3.05) is 26.4 Å². The zero-order valence-electron chi connectivity index (χ0n) is 68.5. The van der Waals surface area contributed by atoms with E-state index in [-0.39, 0.29) is 91.5 Å². The molecule has 0 N–H and O–H groups in total. The molecule has 0 aliphatic carbocycles. The summed E-state index contributed by atoms with van der Waals surface area (Å²) in [6.45, 7) is 31.0. The standard InChI is InChI=1S/C33H22F2N.2C24H27N2O2.C20H20NSi.4Ir/c1-20-14-15-21(2)27(19-20)30-22-9-3-5-11-24(22)31(25-12-6-4-10-23(25)30)32-28(34)17-16-26(33(32)35)29-13-7-8-18-36-29;1-17(2)15-27-22-10-9-20(14-23(22)28-16-18(3)4)19-7-5-8-21(13-19)24-25-11-6-12-26-24;1-17(2)15-27-23-9-8-20(13-24(23)28-16-18(3)4)19-6-5-7-21(12-19)22-14-25-10-11-26-22;1-22(2,3)20-13-5-4-11-18(20)16-9-8-10-17(15-16)19-12-6-7-14-21-19;;;;/h3-15,17-19H,1-2H3;5-7,9-14,17-18H,15-16H2,1-4H3;5-6,8-14,17-18H,15-16H2,1-4H3;4-9,11-15H,1-3H3;;;;/q4*-1;;;;. The number of fused-ring (bicyclic) bond motifs is 2. The molecular weight excluding hydrogens is 2200 g/mol. The first kappa shape index (κ1) is 93.8. The second kappa shape index (κ2) is 44.9. The van der Waals surface area contributed by atoms with Gasteiger partial charge in [0.25, 0.3) is 0 Å². The van der Waals surface area contributed by atoms with Gasteiger partial charge in [0, 0.05) is 141 Å². The number of nitrogens with zero attached hydrogens (tertiary/aromatic N) is 6. The van der Waals surface area contributed by atoms with Crippen molar-refractivity contribution in [1.29, 1.82) is 0 Å². The van der Waals surface area contributed by atoms with Gasteiger partial charge in [0.1, 0.15) is 0 Å². The monoisotopic (exact) mass is 2290 g/mol. The Morgan fingerprint density at radius 2 is 0.805 bits per heavy atom. The van der Waals surface area contributed by atoms with Crippen molar-refractivity contribution in [3.05, 3.63) is 321 Å². The number of rotatable bonds is 22. The van der Waals surface area contributed by atoms with Crippen molar-refractivity contribution < 1.29 is 108 Å². The SMILES string of the molecule is CC(C)COc1ccc(-c2cc[c-]c(-c3cnccn3)c2)cc1OCC(C)C.CC(C)COc1ccc(-c2cc[c-]c(-c3ncccn3)c2)cc1OCC(C)C.C[Si](C)(C)c1ccccc1-c1cc[c-]c(-c2ccccn2)c1.Cc1ccc(C)c(-c2c3ccccc3c(-c3c(F)c[c-]c(-c4ccccn4)c3F)c3ccccc23)c1.[Ir].[Ir].[Ir].[Ir]. The third-order valence-corrected chi connectivity index (χ3v) is 20.7. The number of aromatic nitrogens is 6. The minimum atomic E-state index is -1.38. The molecule has 11 aromatic carbocycles. The van der Waals surface area contributed by atoms with E-state index in [9.17, 15) is 0 Å². The number of ether oxygens (including phenoxy) is 4. The smallest absolute Gasteiger partial charge is 0.161 e. The van der Waals surface area contributed by atoms with E-state index in [1.807, 2.05) is 140 Å². The summed E-state index contributed by atoms with van der Waals surface area (Å²) in [5, 5.41) is 4.98. The molecule has 4 aromatic heterocycles. The Kier molecular flexibility index (Phi) is 35.7. The number of benzene rings is 11. The molecule has 0 unspecified atom stereocenters. The summed E-state index contributed by atoms with van der Waals surface area (Å²) in [4.78, 5) is 25.9. The van der Waals surface area contributed by atoms with Crippen LogP contribution in [0.25, 0.3) is 122 Å². The molecule has 612 valence electrons. The van der Waals surface area contributed by atoms with Crippen LogP contribution in [0, 0.1) is 73.4 Å². The predicted molar refractivity (Wildman–Crippen MR) is 466 cm³/mol. The van der Waals surface area contributed by atoms with Gasteiger partial charge < -0.3 is 33.9 Å². The second-order valence-corrected chi connectivity index (χ2v) is 35.9. The van der Waals surface area contributed by atoms with E-state index in [0.29, 0.717) is 67.2 Å². The molecular formula is C101H96F2Ir4N6O4Si-4.